The molecule has 8 nitrogen and oxygen atoms in total. The summed E-state index contributed by atoms with van der Waals surface area (Å²) in [6.45, 7) is 3.91. The molecule has 10 heteroatoms. The van der Waals surface area contributed by atoms with E-state index in [1.165, 1.54) is 25.0 Å². The van der Waals surface area contributed by atoms with Gasteiger partial charge in [0, 0.05) is 24.5 Å². The van der Waals surface area contributed by atoms with Crippen LogP contribution in [0.4, 0.5) is 20.2 Å². The van der Waals surface area contributed by atoms with E-state index >= 15 is 0 Å². The van der Waals surface area contributed by atoms with Gasteiger partial charge in [-0.15, -0.1) is 0 Å². The van der Waals surface area contributed by atoms with Crippen LogP contribution < -0.4 is 15.8 Å². The molecular weight excluding hydrogens is 490 g/mol. The summed E-state index contributed by atoms with van der Waals surface area (Å²) in [4.78, 5) is 28.0. The monoisotopic (exact) mass is 518 g/mol. The smallest absolute Gasteiger partial charge is 0.276 e. The lowest BCUT2D eigenvalue weighted by Gasteiger charge is -2.23. The van der Waals surface area contributed by atoms with Gasteiger partial charge in [-0.25, -0.2) is 8.78 Å². The van der Waals surface area contributed by atoms with Crippen LogP contribution >= 0.6 is 0 Å². The maximum atomic E-state index is 14.4. The van der Waals surface area contributed by atoms with Crippen molar-refractivity contribution in [2.45, 2.75) is 45.1 Å². The Kier molecular flexibility index (Phi) is 6.17. The van der Waals surface area contributed by atoms with Crippen molar-refractivity contribution < 1.29 is 13.6 Å². The number of anilines is 2. The third-order valence-corrected chi connectivity index (χ3v) is 7.59. The van der Waals surface area contributed by atoms with E-state index in [0.29, 0.717) is 22.3 Å². The minimum Gasteiger partial charge on any atom is -0.369 e. The highest BCUT2D eigenvalue weighted by Crippen LogP contribution is 2.40. The molecule has 0 unspecified atom stereocenters. The van der Waals surface area contributed by atoms with Crippen molar-refractivity contribution in [3.63, 3.8) is 0 Å². The Morgan fingerprint density at radius 1 is 1.00 bits per heavy atom. The number of carbonyl (C=O) groups excluding carboxylic acids is 1. The molecule has 0 radical (unpaired) electrons. The average Bonchev–Trinajstić information content (AvgIpc) is 3.66. The van der Waals surface area contributed by atoms with Crippen LogP contribution in [0.5, 0.6) is 0 Å². The van der Waals surface area contributed by atoms with Crippen molar-refractivity contribution in [3.05, 3.63) is 76.3 Å². The lowest BCUT2D eigenvalue weighted by atomic mass is 10.1. The fraction of sp³-hybridized carbons (Fsp3) is 0.357. The van der Waals surface area contributed by atoms with E-state index in [0.717, 1.165) is 67.1 Å². The Balaban J connectivity index is 1.39. The zero-order valence-corrected chi connectivity index (χ0v) is 21.0. The first kappa shape index (κ1) is 24.3. The van der Waals surface area contributed by atoms with E-state index in [9.17, 15) is 18.4 Å². The molecule has 1 atom stereocenters. The molecule has 1 saturated carbocycles. The Bertz CT molecular complexity index is 1570. The van der Waals surface area contributed by atoms with Crippen molar-refractivity contribution in [2.75, 3.05) is 23.3 Å². The summed E-state index contributed by atoms with van der Waals surface area (Å²) in [7, 11) is 0. The van der Waals surface area contributed by atoms with Crippen molar-refractivity contribution in [3.8, 4) is 5.69 Å². The van der Waals surface area contributed by atoms with Crippen LogP contribution in [0.15, 0.2) is 53.5 Å². The zero-order valence-electron chi connectivity index (χ0n) is 21.0. The minimum absolute atomic E-state index is 0.144. The van der Waals surface area contributed by atoms with Crippen LogP contribution in [0, 0.1) is 17.6 Å². The SMILES string of the molecule is C[C@H]1CCN(c2c(NC(=O)c3ccc(=O)n(-c4c(F)cccc4F)n3)ccc3c2cnn3C2CCCC2)C1. The molecule has 1 amide bonds. The van der Waals surface area contributed by atoms with Gasteiger partial charge in [-0.1, -0.05) is 25.8 Å². The number of fused-ring (bicyclic) bond motifs is 1. The van der Waals surface area contributed by atoms with Crippen LogP contribution in [0.25, 0.3) is 16.6 Å². The second kappa shape index (κ2) is 9.66. The predicted molar refractivity (Wildman–Crippen MR) is 141 cm³/mol. The first-order valence-corrected chi connectivity index (χ1v) is 13.0. The fourth-order valence-electron chi connectivity index (χ4n) is 5.70. The molecule has 0 spiro atoms. The second-order valence-corrected chi connectivity index (χ2v) is 10.3. The number of hydrogen-bond donors (Lipinski definition) is 1. The normalized spacial score (nSPS) is 18.0. The molecule has 2 aliphatic rings. The first-order valence-electron chi connectivity index (χ1n) is 13.0. The van der Waals surface area contributed by atoms with E-state index in [1.54, 1.807) is 0 Å². The molecule has 2 aromatic heterocycles. The predicted octanol–water partition coefficient (Wildman–Crippen LogP) is 5.07. The first-order chi connectivity index (χ1) is 18.4. The number of amides is 1. The minimum atomic E-state index is -0.952. The van der Waals surface area contributed by atoms with Gasteiger partial charge in [-0.2, -0.15) is 14.9 Å². The third-order valence-electron chi connectivity index (χ3n) is 7.59. The van der Waals surface area contributed by atoms with Crippen molar-refractivity contribution in [2.24, 2.45) is 5.92 Å². The second-order valence-electron chi connectivity index (χ2n) is 10.3. The molecular formula is C28H28F2N6O2. The molecule has 3 heterocycles. The molecule has 38 heavy (non-hydrogen) atoms. The van der Waals surface area contributed by atoms with E-state index in [4.69, 9.17) is 5.10 Å². The van der Waals surface area contributed by atoms with Gasteiger partial charge in [-0.3, -0.25) is 14.3 Å². The largest absolute Gasteiger partial charge is 0.369 e. The number of aromatic nitrogens is 4. The molecule has 1 aliphatic carbocycles. The van der Waals surface area contributed by atoms with Gasteiger partial charge in [0.1, 0.15) is 11.4 Å². The highest BCUT2D eigenvalue weighted by atomic mass is 19.1. The Labute approximate surface area is 217 Å². The fourth-order valence-corrected chi connectivity index (χ4v) is 5.70. The van der Waals surface area contributed by atoms with Gasteiger partial charge in [-0.05, 0) is 55.5 Å². The average molecular weight is 519 g/mol. The Hall–Kier alpha value is -4.08. The summed E-state index contributed by atoms with van der Waals surface area (Å²) < 4.78 is 31.4. The van der Waals surface area contributed by atoms with Crippen molar-refractivity contribution in [1.29, 1.82) is 0 Å². The molecule has 6 rings (SSSR count). The zero-order chi connectivity index (χ0) is 26.4. The summed E-state index contributed by atoms with van der Waals surface area (Å²) in [5.74, 6) is -1.98. The summed E-state index contributed by atoms with van der Waals surface area (Å²) in [5, 5.41) is 12.6. The molecule has 0 bridgehead atoms. The maximum absolute atomic E-state index is 14.4. The highest BCUT2D eigenvalue weighted by Gasteiger charge is 2.27. The molecule has 1 aliphatic heterocycles. The van der Waals surface area contributed by atoms with Crippen LogP contribution in [0.2, 0.25) is 0 Å². The van der Waals surface area contributed by atoms with Gasteiger partial charge in [0.25, 0.3) is 11.5 Å². The van der Waals surface area contributed by atoms with Gasteiger partial charge in [0.2, 0.25) is 0 Å². The molecule has 2 fully saturated rings. The van der Waals surface area contributed by atoms with E-state index < -0.39 is 28.8 Å². The number of para-hydroxylation sites is 1. The van der Waals surface area contributed by atoms with E-state index in [-0.39, 0.29) is 5.69 Å². The summed E-state index contributed by atoms with van der Waals surface area (Å²) >= 11 is 0. The standard InChI is InChI=1S/C28H28F2N6O2/c1-17-13-14-34(16-17)26-19-15-31-35(18-5-2-3-6-18)24(19)11-9-22(26)32-28(38)23-10-12-25(37)36(33-23)27-20(29)7-4-8-21(27)30/h4,7-12,15,17-18H,2-3,5-6,13-14,16H2,1H3,(H,32,38)/t17-/m0/s1. The topological polar surface area (TPSA) is 85.1 Å². The van der Waals surface area contributed by atoms with Gasteiger partial charge < -0.3 is 10.2 Å². The number of hydrogen-bond acceptors (Lipinski definition) is 5. The number of rotatable bonds is 5. The van der Waals surface area contributed by atoms with Crippen LogP contribution in [0.1, 0.15) is 55.6 Å². The van der Waals surface area contributed by atoms with Crippen LogP contribution in [0.3, 0.4) is 0 Å². The van der Waals surface area contributed by atoms with Crippen LogP contribution in [-0.4, -0.2) is 38.6 Å². The number of halogens is 2. The van der Waals surface area contributed by atoms with Gasteiger partial charge >= 0.3 is 0 Å². The quantitative estimate of drug-likeness (QED) is 0.399. The highest BCUT2D eigenvalue weighted by molar-refractivity contribution is 6.08. The molecule has 1 N–H and O–H groups in total. The van der Waals surface area contributed by atoms with Crippen LogP contribution in [-0.2, 0) is 0 Å². The Morgan fingerprint density at radius 3 is 2.47 bits per heavy atom. The van der Waals surface area contributed by atoms with E-state index in [1.807, 2.05) is 18.3 Å². The lowest BCUT2D eigenvalue weighted by molar-refractivity contribution is 0.102. The molecule has 196 valence electrons. The molecule has 4 aromatic rings. The summed E-state index contributed by atoms with van der Waals surface area (Å²) in [5.41, 5.74) is 1.01. The number of benzene rings is 2. The maximum Gasteiger partial charge on any atom is 0.276 e. The van der Waals surface area contributed by atoms with Gasteiger partial charge in [0.15, 0.2) is 11.6 Å². The Morgan fingerprint density at radius 2 is 1.76 bits per heavy atom. The lowest BCUT2D eigenvalue weighted by Crippen LogP contribution is -2.27. The number of carbonyl (C=O) groups is 1. The number of nitrogens with zero attached hydrogens (tertiary/aromatic N) is 5. The third kappa shape index (κ3) is 4.23. The summed E-state index contributed by atoms with van der Waals surface area (Å²) in [6, 6.07) is 9.81. The number of nitrogens with one attached hydrogen (secondary N) is 1. The molecule has 1 saturated heterocycles. The molecule has 2 aromatic carbocycles. The van der Waals surface area contributed by atoms with Crippen molar-refractivity contribution >= 4 is 28.2 Å². The van der Waals surface area contributed by atoms with Crippen molar-refractivity contribution in [1.82, 2.24) is 19.6 Å². The van der Waals surface area contributed by atoms with E-state index in [2.05, 4.69) is 26.9 Å². The van der Waals surface area contributed by atoms with Gasteiger partial charge in [0.05, 0.1) is 29.1 Å². The summed E-state index contributed by atoms with van der Waals surface area (Å²) in [6.07, 6.45) is 7.53.